The van der Waals surface area contributed by atoms with Crippen LogP contribution in [0.1, 0.15) is 155 Å². The molecule has 6 atom stereocenters. The van der Waals surface area contributed by atoms with E-state index < -0.39 is 23.8 Å². The molecule has 3 N–H and O–H groups in total. The van der Waals surface area contributed by atoms with Crippen LogP contribution in [0.2, 0.25) is 0 Å². The van der Waals surface area contributed by atoms with Gasteiger partial charge in [0.2, 0.25) is 12.6 Å². The topological polar surface area (TPSA) is 181 Å². The molecule has 0 aromatic heterocycles. The van der Waals surface area contributed by atoms with Crippen molar-refractivity contribution in [3.63, 3.8) is 0 Å². The van der Waals surface area contributed by atoms with E-state index >= 15 is 4.79 Å². The van der Waals surface area contributed by atoms with E-state index in [1.165, 1.54) is 44.9 Å². The van der Waals surface area contributed by atoms with Crippen LogP contribution in [0.5, 0.6) is 23.0 Å². The van der Waals surface area contributed by atoms with Crippen molar-refractivity contribution in [1.29, 1.82) is 5.26 Å². The minimum absolute atomic E-state index is 0.0191. The third-order valence-electron chi connectivity index (χ3n) is 15.6. The first-order valence-electron chi connectivity index (χ1n) is 28.2. The van der Waals surface area contributed by atoms with Gasteiger partial charge in [0.25, 0.3) is 5.91 Å². The molecule has 2 amide bonds. The first-order valence-corrected chi connectivity index (χ1v) is 28.2. The lowest BCUT2D eigenvalue weighted by atomic mass is 9.55. The first kappa shape index (κ1) is 56.5. The average Bonchev–Trinajstić information content (AvgIpc) is 4.06. The number of hydrogen-bond donors (Lipinski definition) is 3. The number of nitrogens with zero attached hydrogens (tertiary/aromatic N) is 3. The van der Waals surface area contributed by atoms with Crippen LogP contribution in [-0.2, 0) is 22.7 Å². The number of hydrogen-bond acceptors (Lipinski definition) is 12. The first-order chi connectivity index (χ1) is 37.8. The molecule has 2 aliphatic heterocycles. The van der Waals surface area contributed by atoms with Crippen LogP contribution in [0.3, 0.4) is 0 Å². The van der Waals surface area contributed by atoms with Crippen LogP contribution in [0, 0.1) is 29.1 Å². The third kappa shape index (κ3) is 14.3. The minimum Gasteiger partial charge on any atom is -0.459 e. The summed E-state index contributed by atoms with van der Waals surface area (Å²) in [4.78, 5) is 37.3. The number of rotatable bonds is 30. The lowest BCUT2D eigenvalue weighted by molar-refractivity contribution is -0.255. The van der Waals surface area contributed by atoms with Gasteiger partial charge in [0.1, 0.15) is 24.1 Å². The summed E-state index contributed by atoms with van der Waals surface area (Å²) in [7, 11) is 0. The highest BCUT2D eigenvalue weighted by molar-refractivity contribution is 6.03. The maximum atomic E-state index is 15.6. The van der Waals surface area contributed by atoms with E-state index in [0.29, 0.717) is 59.2 Å². The van der Waals surface area contributed by atoms with Crippen molar-refractivity contribution in [2.45, 2.75) is 147 Å². The number of fused-ring (bicyclic) bond motifs is 3. The summed E-state index contributed by atoms with van der Waals surface area (Å²) in [6.07, 6.45) is 19.8. The van der Waals surface area contributed by atoms with E-state index in [1.54, 1.807) is 41.3 Å². The molecule has 14 heteroatoms. The molecule has 2 aliphatic carbocycles. The smallest absolute Gasteiger partial charge is 0.412 e. The number of aliphatic hydroxyl groups excluding tert-OH is 2. The van der Waals surface area contributed by atoms with Crippen molar-refractivity contribution in [2.24, 2.45) is 22.9 Å². The van der Waals surface area contributed by atoms with Crippen LogP contribution in [0.4, 0.5) is 4.79 Å². The zero-order valence-electron chi connectivity index (χ0n) is 44.9. The van der Waals surface area contributed by atoms with Crippen molar-refractivity contribution in [1.82, 2.24) is 10.2 Å². The van der Waals surface area contributed by atoms with Gasteiger partial charge in [-0.25, -0.2) is 4.79 Å². The Bertz CT molecular complexity index is 2670. The maximum Gasteiger partial charge on any atom is 0.412 e. The number of nitrogens with one attached hydrogen (secondary N) is 1. The summed E-state index contributed by atoms with van der Waals surface area (Å²) in [5.74, 6) is -0.905. The molecule has 4 aliphatic rings. The zero-order chi connectivity index (χ0) is 53.8. The quantitative estimate of drug-likeness (QED) is 0.0257. The fraction of sp³-hybridized carbons (Fsp3) is 0.492. The molecular weight excluding hydrogens is 973 g/mol. The number of unbranched alkanes of at least 4 members (excludes halogenated alkanes) is 11. The fourth-order valence-electron chi connectivity index (χ4n) is 11.8. The van der Waals surface area contributed by atoms with E-state index in [0.717, 1.165) is 67.2 Å². The Kier molecular flexibility index (Phi) is 21.0. The standard InChI is InChI=1S/C63H78N4O10/c1-3-5-6-7-8-9-10-11-12-18-33-65-62(71)76-50-30-32-55-53(39-50)59-51(24-17-20-35-69)49(23-16-19-34-68)38-52-54(66-75-43-46-21-14-13-15-22-46)40-58(63(77-55,60(52)59)74-36-4-2)67(61(70)48-28-25-45(41-64)26-29-48)42-47-27-31-56-57(37-47)73-44-72-56/h4,13-15,21-22,25-32,37-39,49,51,58-60,68-69H,2-3,5-12,16-20,23-24,33-36,40,42-44H2,1H3,(H,65,71)/t49-,51+,58-,59+,60+,63+/m0/s1. The fourth-order valence-corrected chi connectivity index (χ4v) is 11.8. The van der Waals surface area contributed by atoms with Crippen LogP contribution in [-0.4, -0.2) is 77.8 Å². The van der Waals surface area contributed by atoms with Gasteiger partial charge in [-0.05, 0) is 115 Å². The molecule has 0 radical (unpaired) electrons. The van der Waals surface area contributed by atoms with E-state index in [4.69, 9.17) is 33.7 Å². The highest BCUT2D eigenvalue weighted by Gasteiger charge is 2.65. The van der Waals surface area contributed by atoms with Gasteiger partial charge in [-0.15, -0.1) is 6.58 Å². The second-order valence-electron chi connectivity index (χ2n) is 20.8. The Morgan fingerprint density at radius 2 is 1.55 bits per heavy atom. The number of ether oxygens (including phenoxy) is 5. The maximum absolute atomic E-state index is 15.6. The lowest BCUT2D eigenvalue weighted by Crippen LogP contribution is -2.70. The predicted molar refractivity (Wildman–Crippen MR) is 296 cm³/mol. The molecule has 2 heterocycles. The number of amides is 2. The highest BCUT2D eigenvalue weighted by Crippen LogP contribution is 2.62. The van der Waals surface area contributed by atoms with Crippen LogP contribution >= 0.6 is 0 Å². The largest absolute Gasteiger partial charge is 0.459 e. The number of nitriles is 1. The molecule has 410 valence electrons. The number of carbonyl (C=O) groups excluding carboxylic acids is 2. The van der Waals surface area contributed by atoms with Crippen LogP contribution in [0.25, 0.3) is 0 Å². The summed E-state index contributed by atoms with van der Waals surface area (Å²) >= 11 is 0. The molecule has 0 bridgehead atoms. The number of oxime groups is 1. The zero-order valence-corrected chi connectivity index (χ0v) is 44.9. The van der Waals surface area contributed by atoms with E-state index in [-0.39, 0.29) is 69.8 Å². The number of allylic oxidation sites excluding steroid dienone is 1. The van der Waals surface area contributed by atoms with Gasteiger partial charge in [-0.3, -0.25) is 4.79 Å². The SMILES string of the molecule is C=CCO[C@@]12Oc3ccc(OC(=O)NCCCCCCCCCCCC)cc3[C@H]3[C@H](CCCCO)[C@@H](CCCCO)C=C(C(=NOCc4ccccc4)C[C@@H]1N(Cc1ccc4c(c1)OCO4)C(=O)c1ccc(C#N)cc1)[C@H]32. The van der Waals surface area contributed by atoms with Crippen LogP contribution < -0.4 is 24.3 Å². The van der Waals surface area contributed by atoms with Gasteiger partial charge in [0, 0.05) is 49.8 Å². The van der Waals surface area contributed by atoms with E-state index in [1.807, 2.05) is 60.7 Å². The predicted octanol–water partition coefficient (Wildman–Crippen LogP) is 12.5. The Labute approximate surface area is 455 Å². The summed E-state index contributed by atoms with van der Waals surface area (Å²) in [5, 5.41) is 38.0. The van der Waals surface area contributed by atoms with Gasteiger partial charge >= 0.3 is 6.09 Å². The summed E-state index contributed by atoms with van der Waals surface area (Å²) < 4.78 is 32.4. The van der Waals surface area contributed by atoms with Crippen molar-refractivity contribution >= 4 is 17.7 Å². The van der Waals surface area contributed by atoms with Gasteiger partial charge < -0.3 is 49.0 Å². The van der Waals surface area contributed by atoms with Crippen molar-refractivity contribution < 1.29 is 48.3 Å². The number of aliphatic hydroxyl groups is 2. The molecule has 1 fully saturated rings. The Balaban J connectivity index is 1.22. The second kappa shape index (κ2) is 28.6. The number of carbonyl (C=O) groups is 2. The summed E-state index contributed by atoms with van der Waals surface area (Å²) in [5.41, 5.74) is 4.81. The molecule has 0 unspecified atom stereocenters. The van der Waals surface area contributed by atoms with Crippen molar-refractivity contribution in [3.8, 4) is 29.1 Å². The molecule has 8 rings (SSSR count). The lowest BCUT2D eigenvalue weighted by Gasteiger charge is -2.60. The average molecular weight is 1050 g/mol. The third-order valence-corrected chi connectivity index (χ3v) is 15.6. The van der Waals surface area contributed by atoms with E-state index in [2.05, 4.69) is 31.0 Å². The molecule has 14 nitrogen and oxygen atoms in total. The normalized spacial score (nSPS) is 21.2. The monoisotopic (exact) mass is 1050 g/mol. The molecule has 77 heavy (non-hydrogen) atoms. The number of benzene rings is 4. The Hall–Kier alpha value is -6.66. The van der Waals surface area contributed by atoms with Gasteiger partial charge in [0.05, 0.1) is 29.9 Å². The summed E-state index contributed by atoms with van der Waals surface area (Å²) in [6, 6.07) is 28.9. The van der Waals surface area contributed by atoms with E-state index in [9.17, 15) is 20.3 Å². The molecule has 4 aromatic rings. The molecule has 1 saturated carbocycles. The Morgan fingerprint density at radius 3 is 2.27 bits per heavy atom. The van der Waals surface area contributed by atoms with Crippen molar-refractivity contribution in [3.05, 3.63) is 143 Å². The Morgan fingerprint density at radius 1 is 0.831 bits per heavy atom. The van der Waals surface area contributed by atoms with Gasteiger partial charge in [-0.1, -0.05) is 131 Å². The molecule has 4 aromatic carbocycles. The summed E-state index contributed by atoms with van der Waals surface area (Å²) in [6.45, 7) is 7.39. The minimum atomic E-state index is -1.57. The molecule has 0 saturated heterocycles. The molecular formula is C63H78N4O10. The van der Waals surface area contributed by atoms with Crippen molar-refractivity contribution in [2.75, 3.05) is 33.2 Å². The van der Waals surface area contributed by atoms with Gasteiger partial charge in [0.15, 0.2) is 11.5 Å². The second-order valence-corrected chi connectivity index (χ2v) is 20.8. The highest BCUT2D eigenvalue weighted by atomic mass is 16.7. The molecule has 0 spiro atoms. The van der Waals surface area contributed by atoms with Gasteiger partial charge in [-0.2, -0.15) is 5.26 Å². The van der Waals surface area contributed by atoms with Crippen LogP contribution in [0.15, 0.2) is 120 Å².